The van der Waals surface area contributed by atoms with Crippen LogP contribution in [0, 0.1) is 5.92 Å². The van der Waals surface area contributed by atoms with Gasteiger partial charge in [0, 0.05) is 6.61 Å². The normalized spacial score (nSPS) is 25.3. The minimum atomic E-state index is -0.489. The molecule has 2 heterocycles. The standard InChI is InChI=1S/C13H23N3O2/c1-5-17-13(3,4)12-15-11(18-16-12)10-8-9(2)6-7-14-10/h9-10,14H,5-8H2,1-4H3. The monoisotopic (exact) mass is 253 g/mol. The highest BCUT2D eigenvalue weighted by Gasteiger charge is 2.30. The molecule has 1 N–H and O–H groups in total. The third-order valence-corrected chi connectivity index (χ3v) is 3.45. The van der Waals surface area contributed by atoms with Crippen LogP contribution in [-0.4, -0.2) is 23.3 Å². The molecule has 0 amide bonds. The van der Waals surface area contributed by atoms with Crippen molar-refractivity contribution >= 4 is 0 Å². The van der Waals surface area contributed by atoms with E-state index in [0.29, 0.717) is 24.2 Å². The van der Waals surface area contributed by atoms with Crippen LogP contribution < -0.4 is 5.32 Å². The van der Waals surface area contributed by atoms with Crippen molar-refractivity contribution in [2.45, 2.75) is 52.2 Å². The molecule has 2 atom stereocenters. The quantitative estimate of drug-likeness (QED) is 0.892. The molecule has 5 nitrogen and oxygen atoms in total. The van der Waals surface area contributed by atoms with Gasteiger partial charge in [-0.05, 0) is 46.1 Å². The molecule has 0 aliphatic carbocycles. The summed E-state index contributed by atoms with van der Waals surface area (Å²) in [6, 6.07) is 0.187. The molecule has 1 saturated heterocycles. The van der Waals surface area contributed by atoms with Gasteiger partial charge in [-0.3, -0.25) is 0 Å². The van der Waals surface area contributed by atoms with Crippen LogP contribution in [0.15, 0.2) is 4.52 Å². The van der Waals surface area contributed by atoms with Crippen molar-refractivity contribution in [3.05, 3.63) is 11.7 Å². The van der Waals surface area contributed by atoms with Crippen molar-refractivity contribution in [1.82, 2.24) is 15.5 Å². The van der Waals surface area contributed by atoms with Gasteiger partial charge in [0.2, 0.25) is 11.7 Å². The Bertz CT molecular complexity index is 389. The second-order valence-corrected chi connectivity index (χ2v) is 5.54. The van der Waals surface area contributed by atoms with E-state index in [9.17, 15) is 0 Å². The zero-order valence-electron chi connectivity index (χ0n) is 11.7. The van der Waals surface area contributed by atoms with E-state index in [0.717, 1.165) is 13.0 Å². The van der Waals surface area contributed by atoms with E-state index < -0.39 is 5.60 Å². The van der Waals surface area contributed by atoms with Crippen LogP contribution >= 0.6 is 0 Å². The SMILES string of the molecule is CCOC(C)(C)c1noc(C2CC(C)CCN2)n1. The van der Waals surface area contributed by atoms with E-state index in [1.54, 1.807) is 0 Å². The van der Waals surface area contributed by atoms with Crippen molar-refractivity contribution in [3.63, 3.8) is 0 Å². The topological polar surface area (TPSA) is 60.2 Å². The van der Waals surface area contributed by atoms with Crippen molar-refractivity contribution in [2.75, 3.05) is 13.2 Å². The van der Waals surface area contributed by atoms with Crippen LogP contribution in [0.5, 0.6) is 0 Å². The van der Waals surface area contributed by atoms with Gasteiger partial charge in [-0.15, -0.1) is 0 Å². The summed E-state index contributed by atoms with van der Waals surface area (Å²) in [5.41, 5.74) is -0.489. The number of ether oxygens (including phenoxy) is 1. The molecule has 18 heavy (non-hydrogen) atoms. The first-order valence-corrected chi connectivity index (χ1v) is 6.74. The van der Waals surface area contributed by atoms with Gasteiger partial charge in [-0.1, -0.05) is 12.1 Å². The second kappa shape index (κ2) is 5.36. The van der Waals surface area contributed by atoms with Crippen LogP contribution in [0.1, 0.15) is 58.3 Å². The number of rotatable bonds is 4. The average Bonchev–Trinajstić information content (AvgIpc) is 2.78. The zero-order valence-corrected chi connectivity index (χ0v) is 11.7. The van der Waals surface area contributed by atoms with Gasteiger partial charge in [-0.25, -0.2) is 0 Å². The van der Waals surface area contributed by atoms with Crippen molar-refractivity contribution < 1.29 is 9.26 Å². The third-order valence-electron chi connectivity index (χ3n) is 3.45. The summed E-state index contributed by atoms with van der Waals surface area (Å²) >= 11 is 0. The molecule has 0 saturated carbocycles. The predicted molar refractivity (Wildman–Crippen MR) is 68.1 cm³/mol. The number of nitrogens with one attached hydrogen (secondary N) is 1. The molecule has 1 aromatic rings. The Hall–Kier alpha value is -0.940. The lowest BCUT2D eigenvalue weighted by atomic mass is 9.94. The van der Waals surface area contributed by atoms with Crippen molar-refractivity contribution in [1.29, 1.82) is 0 Å². The molecule has 2 unspecified atom stereocenters. The zero-order chi connectivity index (χ0) is 13.2. The van der Waals surface area contributed by atoms with Gasteiger partial charge in [0.15, 0.2) is 0 Å². The molecular formula is C13H23N3O2. The predicted octanol–water partition coefficient (Wildman–Crippen LogP) is 2.40. The van der Waals surface area contributed by atoms with Crippen LogP contribution in [0.4, 0.5) is 0 Å². The Morgan fingerprint density at radius 1 is 1.50 bits per heavy atom. The summed E-state index contributed by atoms with van der Waals surface area (Å²) in [7, 11) is 0. The Morgan fingerprint density at radius 3 is 2.94 bits per heavy atom. The molecule has 1 fully saturated rings. The first kappa shape index (κ1) is 13.5. The summed E-state index contributed by atoms with van der Waals surface area (Å²) in [4.78, 5) is 4.49. The first-order valence-electron chi connectivity index (χ1n) is 6.74. The summed E-state index contributed by atoms with van der Waals surface area (Å²) in [5.74, 6) is 2.01. The summed E-state index contributed by atoms with van der Waals surface area (Å²) < 4.78 is 11.0. The third kappa shape index (κ3) is 2.90. The molecule has 5 heteroatoms. The van der Waals surface area contributed by atoms with E-state index in [1.807, 2.05) is 20.8 Å². The number of piperidine rings is 1. The lowest BCUT2D eigenvalue weighted by Crippen LogP contribution is -2.31. The fourth-order valence-corrected chi connectivity index (χ4v) is 2.34. The summed E-state index contributed by atoms with van der Waals surface area (Å²) in [6.45, 7) is 9.79. The highest BCUT2D eigenvalue weighted by atomic mass is 16.5. The molecular weight excluding hydrogens is 230 g/mol. The van der Waals surface area contributed by atoms with Crippen LogP contribution in [0.2, 0.25) is 0 Å². The Morgan fingerprint density at radius 2 is 2.28 bits per heavy atom. The highest BCUT2D eigenvalue weighted by Crippen LogP contribution is 2.28. The average molecular weight is 253 g/mol. The fourth-order valence-electron chi connectivity index (χ4n) is 2.34. The maximum Gasteiger partial charge on any atom is 0.243 e. The Kier molecular flexibility index (Phi) is 4.02. The van der Waals surface area contributed by atoms with E-state index >= 15 is 0 Å². The number of hydrogen-bond donors (Lipinski definition) is 1. The molecule has 1 aliphatic heterocycles. The number of nitrogens with zero attached hydrogens (tertiary/aromatic N) is 2. The van der Waals surface area contributed by atoms with Gasteiger partial charge in [0.25, 0.3) is 0 Å². The maximum atomic E-state index is 5.63. The van der Waals surface area contributed by atoms with Gasteiger partial charge >= 0.3 is 0 Å². The summed E-state index contributed by atoms with van der Waals surface area (Å²) in [6.07, 6.45) is 2.26. The van der Waals surface area contributed by atoms with E-state index in [2.05, 4.69) is 22.4 Å². The summed E-state index contributed by atoms with van der Waals surface area (Å²) in [5, 5.41) is 7.48. The van der Waals surface area contributed by atoms with Gasteiger partial charge < -0.3 is 14.6 Å². The van der Waals surface area contributed by atoms with Crippen molar-refractivity contribution in [2.24, 2.45) is 5.92 Å². The van der Waals surface area contributed by atoms with E-state index in [1.165, 1.54) is 6.42 Å². The second-order valence-electron chi connectivity index (χ2n) is 5.54. The van der Waals surface area contributed by atoms with Crippen LogP contribution in [-0.2, 0) is 10.3 Å². The number of hydrogen-bond acceptors (Lipinski definition) is 5. The maximum absolute atomic E-state index is 5.63. The van der Waals surface area contributed by atoms with Gasteiger partial charge in [0.1, 0.15) is 5.60 Å². The molecule has 2 rings (SSSR count). The van der Waals surface area contributed by atoms with Crippen LogP contribution in [0.25, 0.3) is 0 Å². The minimum absolute atomic E-state index is 0.187. The number of aromatic nitrogens is 2. The molecule has 0 spiro atoms. The van der Waals surface area contributed by atoms with E-state index in [-0.39, 0.29) is 6.04 Å². The molecule has 102 valence electrons. The van der Waals surface area contributed by atoms with Gasteiger partial charge in [-0.2, -0.15) is 4.98 Å². The largest absolute Gasteiger partial charge is 0.368 e. The molecule has 1 aromatic heterocycles. The lowest BCUT2D eigenvalue weighted by Gasteiger charge is -2.25. The lowest BCUT2D eigenvalue weighted by molar-refractivity contribution is -0.0221. The smallest absolute Gasteiger partial charge is 0.243 e. The van der Waals surface area contributed by atoms with Crippen LogP contribution in [0.3, 0.4) is 0 Å². The highest BCUT2D eigenvalue weighted by molar-refractivity contribution is 5.01. The Labute approximate surface area is 108 Å². The molecule has 0 bridgehead atoms. The van der Waals surface area contributed by atoms with E-state index in [4.69, 9.17) is 9.26 Å². The fraction of sp³-hybridized carbons (Fsp3) is 0.846. The molecule has 1 aliphatic rings. The first-order chi connectivity index (χ1) is 8.53. The van der Waals surface area contributed by atoms with Gasteiger partial charge in [0.05, 0.1) is 6.04 Å². The van der Waals surface area contributed by atoms with Crippen molar-refractivity contribution in [3.8, 4) is 0 Å². The molecule has 0 aromatic carbocycles. The molecule has 0 radical (unpaired) electrons. The minimum Gasteiger partial charge on any atom is -0.368 e. The Balaban J connectivity index is 2.10.